The molecule has 122 valence electrons. The first-order chi connectivity index (χ1) is 12.3. The van der Waals surface area contributed by atoms with Crippen LogP contribution in [0.25, 0.3) is 11.6 Å². The van der Waals surface area contributed by atoms with Crippen LogP contribution in [-0.2, 0) is 6.54 Å². The number of hydrogen-bond acceptors (Lipinski definition) is 8. The van der Waals surface area contributed by atoms with Crippen LogP contribution in [0, 0.1) is 11.3 Å². The Balaban J connectivity index is 1.70. The van der Waals surface area contributed by atoms with Gasteiger partial charge in [-0.3, -0.25) is 4.57 Å². The van der Waals surface area contributed by atoms with Crippen LogP contribution in [0.5, 0.6) is 0 Å². The largest absolute Gasteiger partial charge is 0.467 e. The van der Waals surface area contributed by atoms with Crippen LogP contribution < -0.4 is 0 Å². The van der Waals surface area contributed by atoms with Crippen LogP contribution in [-0.4, -0.2) is 24.7 Å². The third-order valence-electron chi connectivity index (χ3n) is 3.29. The summed E-state index contributed by atoms with van der Waals surface area (Å²) in [6, 6.07) is 9.25. The second-order valence-corrected chi connectivity index (χ2v) is 5.89. The van der Waals surface area contributed by atoms with E-state index in [2.05, 4.69) is 20.2 Å². The molecule has 0 N–H and O–H groups in total. The van der Waals surface area contributed by atoms with E-state index in [0.29, 0.717) is 28.3 Å². The van der Waals surface area contributed by atoms with Gasteiger partial charge >= 0.3 is 0 Å². The lowest BCUT2D eigenvalue weighted by Crippen LogP contribution is -2.03. The maximum absolute atomic E-state index is 8.81. The summed E-state index contributed by atoms with van der Waals surface area (Å²) in [5.74, 6) is 1.96. The molecule has 0 aliphatic heterocycles. The lowest BCUT2D eigenvalue weighted by Gasteiger charge is -2.07. The number of furan rings is 2. The van der Waals surface area contributed by atoms with E-state index in [4.69, 9.17) is 14.1 Å². The second-order valence-electron chi connectivity index (χ2n) is 4.90. The summed E-state index contributed by atoms with van der Waals surface area (Å²) in [4.78, 5) is 8.22. The standard InChI is InChI=1S/C16H10N6O2S/c17-7-11-8-19-14(9-18-11)25-16-21-20-15(13-4-2-6-24-13)22(16)10-12-3-1-5-23-12/h1-6,8-9H,10H2. The average Bonchev–Trinajstić information content (AvgIpc) is 3.39. The van der Waals surface area contributed by atoms with E-state index in [0.717, 1.165) is 5.76 Å². The lowest BCUT2D eigenvalue weighted by atomic mass is 10.4. The third kappa shape index (κ3) is 3.15. The van der Waals surface area contributed by atoms with Crippen molar-refractivity contribution in [2.24, 2.45) is 0 Å². The minimum atomic E-state index is 0.262. The Morgan fingerprint density at radius 3 is 2.64 bits per heavy atom. The van der Waals surface area contributed by atoms with Gasteiger partial charge in [-0.2, -0.15) is 5.26 Å². The van der Waals surface area contributed by atoms with Crippen molar-refractivity contribution in [3.05, 3.63) is 60.6 Å². The van der Waals surface area contributed by atoms with Crippen molar-refractivity contribution in [3.8, 4) is 17.7 Å². The van der Waals surface area contributed by atoms with Gasteiger partial charge in [0.05, 0.1) is 31.5 Å². The minimum Gasteiger partial charge on any atom is -0.467 e. The van der Waals surface area contributed by atoms with E-state index in [1.807, 2.05) is 28.8 Å². The van der Waals surface area contributed by atoms with E-state index < -0.39 is 0 Å². The SMILES string of the molecule is N#Cc1cnc(Sc2nnc(-c3ccco3)n2Cc2ccco2)cn1. The maximum atomic E-state index is 8.81. The summed E-state index contributed by atoms with van der Waals surface area (Å²) in [7, 11) is 0. The fraction of sp³-hybridized carbons (Fsp3) is 0.0625. The predicted molar refractivity (Wildman–Crippen MR) is 86.4 cm³/mol. The van der Waals surface area contributed by atoms with Crippen LogP contribution in [0.3, 0.4) is 0 Å². The molecule has 4 aromatic heterocycles. The molecule has 0 saturated heterocycles. The Morgan fingerprint density at radius 1 is 1.08 bits per heavy atom. The number of rotatable bonds is 5. The molecule has 0 fully saturated rings. The van der Waals surface area contributed by atoms with E-state index in [-0.39, 0.29) is 5.69 Å². The highest BCUT2D eigenvalue weighted by atomic mass is 32.2. The third-order valence-corrected chi connectivity index (χ3v) is 4.20. The molecule has 0 aliphatic carbocycles. The topological polar surface area (TPSA) is 107 Å². The molecule has 0 bridgehead atoms. The van der Waals surface area contributed by atoms with E-state index >= 15 is 0 Å². The summed E-state index contributed by atoms with van der Waals surface area (Å²) in [5.41, 5.74) is 0.262. The summed E-state index contributed by atoms with van der Waals surface area (Å²) >= 11 is 1.30. The minimum absolute atomic E-state index is 0.262. The number of hydrogen-bond donors (Lipinski definition) is 0. The first kappa shape index (κ1) is 15.2. The average molecular weight is 350 g/mol. The van der Waals surface area contributed by atoms with Crippen molar-refractivity contribution in [2.75, 3.05) is 0 Å². The van der Waals surface area contributed by atoms with Gasteiger partial charge in [0, 0.05) is 0 Å². The molecule has 0 aromatic carbocycles. The normalized spacial score (nSPS) is 10.7. The highest BCUT2D eigenvalue weighted by molar-refractivity contribution is 7.99. The highest BCUT2D eigenvalue weighted by Gasteiger charge is 2.18. The molecular formula is C16H10N6O2S. The Morgan fingerprint density at radius 2 is 1.96 bits per heavy atom. The molecule has 8 nitrogen and oxygen atoms in total. The summed E-state index contributed by atoms with van der Waals surface area (Å²) in [6.07, 6.45) is 6.15. The fourth-order valence-corrected chi connectivity index (χ4v) is 2.91. The van der Waals surface area contributed by atoms with Gasteiger partial charge in [-0.1, -0.05) is 0 Å². The number of nitrogens with zero attached hydrogens (tertiary/aromatic N) is 6. The van der Waals surface area contributed by atoms with Gasteiger partial charge in [0.1, 0.15) is 16.9 Å². The molecule has 0 radical (unpaired) electrons. The van der Waals surface area contributed by atoms with Crippen molar-refractivity contribution in [1.82, 2.24) is 24.7 Å². The van der Waals surface area contributed by atoms with Gasteiger partial charge in [0.2, 0.25) is 5.82 Å². The summed E-state index contributed by atoms with van der Waals surface area (Å²) in [6.45, 7) is 0.447. The van der Waals surface area contributed by atoms with Crippen molar-refractivity contribution in [3.63, 3.8) is 0 Å². The Labute approximate surface area is 146 Å². The van der Waals surface area contributed by atoms with Crippen molar-refractivity contribution in [2.45, 2.75) is 16.7 Å². The molecule has 0 atom stereocenters. The van der Waals surface area contributed by atoms with Crippen LogP contribution in [0.1, 0.15) is 11.5 Å². The Bertz CT molecular complexity index is 1000. The van der Waals surface area contributed by atoms with Gasteiger partial charge < -0.3 is 8.83 Å². The van der Waals surface area contributed by atoms with Crippen LogP contribution >= 0.6 is 11.8 Å². The Hall–Kier alpha value is -3.38. The fourth-order valence-electron chi connectivity index (χ4n) is 2.17. The number of aromatic nitrogens is 5. The predicted octanol–water partition coefficient (Wildman–Crippen LogP) is 2.99. The van der Waals surface area contributed by atoms with Crippen LogP contribution in [0.4, 0.5) is 0 Å². The summed E-state index contributed by atoms with van der Waals surface area (Å²) < 4.78 is 12.8. The molecule has 25 heavy (non-hydrogen) atoms. The lowest BCUT2D eigenvalue weighted by molar-refractivity contribution is 0.482. The van der Waals surface area contributed by atoms with E-state index in [1.54, 1.807) is 18.6 Å². The molecule has 0 saturated carbocycles. The van der Waals surface area contributed by atoms with Crippen LogP contribution in [0.2, 0.25) is 0 Å². The van der Waals surface area contributed by atoms with Gasteiger partial charge in [0.25, 0.3) is 0 Å². The van der Waals surface area contributed by atoms with Gasteiger partial charge in [-0.05, 0) is 36.0 Å². The molecule has 4 heterocycles. The molecule has 9 heteroatoms. The molecular weight excluding hydrogens is 340 g/mol. The second kappa shape index (κ2) is 6.62. The first-order valence-corrected chi connectivity index (χ1v) is 8.04. The van der Waals surface area contributed by atoms with E-state index in [1.165, 1.54) is 24.2 Å². The zero-order chi connectivity index (χ0) is 17.1. The molecule has 0 spiro atoms. The summed E-state index contributed by atoms with van der Waals surface area (Å²) in [5, 5.41) is 18.5. The monoisotopic (exact) mass is 350 g/mol. The zero-order valence-electron chi connectivity index (χ0n) is 12.7. The van der Waals surface area contributed by atoms with Crippen molar-refractivity contribution < 1.29 is 8.83 Å². The zero-order valence-corrected chi connectivity index (χ0v) is 13.6. The highest BCUT2D eigenvalue weighted by Crippen LogP contribution is 2.29. The number of nitriles is 1. The maximum Gasteiger partial charge on any atom is 0.200 e. The molecule has 0 amide bonds. The molecule has 4 aromatic rings. The van der Waals surface area contributed by atoms with Crippen molar-refractivity contribution >= 4 is 11.8 Å². The van der Waals surface area contributed by atoms with Gasteiger partial charge in [-0.15, -0.1) is 10.2 Å². The van der Waals surface area contributed by atoms with Crippen LogP contribution in [0.15, 0.2) is 68.2 Å². The quantitative estimate of drug-likeness (QED) is 0.541. The first-order valence-electron chi connectivity index (χ1n) is 7.23. The van der Waals surface area contributed by atoms with Gasteiger partial charge in [0.15, 0.2) is 16.6 Å². The van der Waals surface area contributed by atoms with Crippen molar-refractivity contribution in [1.29, 1.82) is 5.26 Å². The Kier molecular flexibility index (Phi) is 4.02. The molecule has 0 unspecified atom stereocenters. The molecule has 0 aliphatic rings. The van der Waals surface area contributed by atoms with Gasteiger partial charge in [-0.25, -0.2) is 9.97 Å². The smallest absolute Gasteiger partial charge is 0.200 e. The van der Waals surface area contributed by atoms with E-state index in [9.17, 15) is 0 Å². The molecule has 4 rings (SSSR count).